The largest absolute Gasteiger partial charge is 0.338 e. The molecular formula is C9H15N3. The van der Waals surface area contributed by atoms with Crippen LogP contribution in [0.2, 0.25) is 0 Å². The molecule has 0 aromatic carbocycles. The predicted molar refractivity (Wildman–Crippen MR) is 47.6 cm³/mol. The minimum atomic E-state index is 0.424. The maximum atomic E-state index is 5.71. The first-order valence-corrected chi connectivity index (χ1v) is 4.41. The molecule has 1 fully saturated rings. The van der Waals surface area contributed by atoms with Crippen LogP contribution in [0.25, 0.3) is 0 Å². The molecule has 0 spiro atoms. The van der Waals surface area contributed by atoms with E-state index in [1.165, 1.54) is 18.5 Å². The molecule has 0 aliphatic heterocycles. The number of rotatable bonds is 3. The summed E-state index contributed by atoms with van der Waals surface area (Å²) in [6.07, 6.45) is 7.46. The van der Waals surface area contributed by atoms with Crippen LogP contribution in [0.5, 0.6) is 0 Å². The van der Waals surface area contributed by atoms with Crippen molar-refractivity contribution in [1.82, 2.24) is 9.55 Å². The van der Waals surface area contributed by atoms with Crippen LogP contribution in [0, 0.1) is 5.41 Å². The molecule has 3 nitrogen and oxygen atoms in total. The molecule has 0 atom stereocenters. The summed E-state index contributed by atoms with van der Waals surface area (Å²) in [7, 11) is 2.04. The highest BCUT2D eigenvalue weighted by Gasteiger charge is 2.41. The second-order valence-corrected chi connectivity index (χ2v) is 3.88. The van der Waals surface area contributed by atoms with Crippen LogP contribution in [-0.4, -0.2) is 16.1 Å². The molecule has 0 radical (unpaired) electrons. The molecule has 1 aliphatic rings. The van der Waals surface area contributed by atoms with Gasteiger partial charge in [-0.1, -0.05) is 0 Å². The number of hydrogen-bond acceptors (Lipinski definition) is 2. The molecule has 0 amide bonds. The lowest BCUT2D eigenvalue weighted by molar-refractivity contribution is 0.505. The number of nitrogens with zero attached hydrogens (tertiary/aromatic N) is 2. The zero-order chi connectivity index (χ0) is 8.60. The third kappa shape index (κ3) is 1.25. The highest BCUT2D eigenvalue weighted by molar-refractivity contribution is 5.08. The highest BCUT2D eigenvalue weighted by atomic mass is 15.0. The van der Waals surface area contributed by atoms with Crippen LogP contribution in [0.3, 0.4) is 0 Å². The van der Waals surface area contributed by atoms with Crippen molar-refractivity contribution in [3.05, 3.63) is 18.2 Å². The molecule has 1 saturated carbocycles. The van der Waals surface area contributed by atoms with Gasteiger partial charge in [0, 0.05) is 18.9 Å². The summed E-state index contributed by atoms with van der Waals surface area (Å²) in [5, 5.41) is 0. The van der Waals surface area contributed by atoms with Crippen molar-refractivity contribution in [2.45, 2.75) is 19.3 Å². The van der Waals surface area contributed by atoms with Gasteiger partial charge < -0.3 is 10.3 Å². The van der Waals surface area contributed by atoms with Crippen molar-refractivity contribution in [1.29, 1.82) is 0 Å². The van der Waals surface area contributed by atoms with Gasteiger partial charge in [0.25, 0.3) is 0 Å². The quantitative estimate of drug-likeness (QED) is 0.716. The Hall–Kier alpha value is -0.830. The second kappa shape index (κ2) is 2.59. The van der Waals surface area contributed by atoms with Gasteiger partial charge in [0.2, 0.25) is 0 Å². The summed E-state index contributed by atoms with van der Waals surface area (Å²) in [4.78, 5) is 4.09. The van der Waals surface area contributed by atoms with Crippen LogP contribution >= 0.6 is 0 Å². The Morgan fingerprint density at radius 1 is 1.67 bits per heavy atom. The van der Waals surface area contributed by atoms with Crippen LogP contribution in [0.4, 0.5) is 0 Å². The van der Waals surface area contributed by atoms with Gasteiger partial charge >= 0.3 is 0 Å². The van der Waals surface area contributed by atoms with Gasteiger partial charge in [0.1, 0.15) is 0 Å². The van der Waals surface area contributed by atoms with Crippen LogP contribution < -0.4 is 5.73 Å². The van der Waals surface area contributed by atoms with E-state index in [0.29, 0.717) is 5.41 Å². The standard InChI is InChI=1S/C9H15N3/c1-12-7-11-5-8(12)4-9(6-10)2-3-9/h5,7H,2-4,6,10H2,1H3. The second-order valence-electron chi connectivity index (χ2n) is 3.88. The number of imidazole rings is 1. The Labute approximate surface area is 72.6 Å². The van der Waals surface area contributed by atoms with Gasteiger partial charge in [-0.2, -0.15) is 0 Å². The van der Waals surface area contributed by atoms with Crippen molar-refractivity contribution in [2.24, 2.45) is 18.2 Å². The van der Waals surface area contributed by atoms with E-state index in [-0.39, 0.29) is 0 Å². The lowest BCUT2D eigenvalue weighted by atomic mass is 10.0. The van der Waals surface area contributed by atoms with E-state index >= 15 is 0 Å². The Morgan fingerprint density at radius 3 is 2.83 bits per heavy atom. The normalized spacial score (nSPS) is 19.5. The third-order valence-electron chi connectivity index (χ3n) is 2.86. The fraction of sp³-hybridized carbons (Fsp3) is 0.667. The molecule has 0 saturated heterocycles. The molecular weight excluding hydrogens is 150 g/mol. The van der Waals surface area contributed by atoms with E-state index in [1.54, 1.807) is 0 Å². The first-order chi connectivity index (χ1) is 5.76. The van der Waals surface area contributed by atoms with E-state index < -0.39 is 0 Å². The minimum Gasteiger partial charge on any atom is -0.338 e. The molecule has 2 rings (SSSR count). The zero-order valence-corrected chi connectivity index (χ0v) is 7.45. The van der Waals surface area contributed by atoms with Gasteiger partial charge in [0.05, 0.1) is 6.33 Å². The lowest BCUT2D eigenvalue weighted by Gasteiger charge is -2.11. The summed E-state index contributed by atoms with van der Waals surface area (Å²) < 4.78 is 2.08. The third-order valence-corrected chi connectivity index (χ3v) is 2.86. The van der Waals surface area contributed by atoms with Crippen molar-refractivity contribution >= 4 is 0 Å². The molecule has 0 bridgehead atoms. The van der Waals surface area contributed by atoms with Crippen molar-refractivity contribution < 1.29 is 0 Å². The van der Waals surface area contributed by atoms with Gasteiger partial charge in [0.15, 0.2) is 0 Å². The van der Waals surface area contributed by atoms with Gasteiger partial charge in [-0.05, 0) is 31.2 Å². The fourth-order valence-electron chi connectivity index (χ4n) is 1.57. The lowest BCUT2D eigenvalue weighted by Crippen LogP contribution is -2.19. The number of nitrogens with two attached hydrogens (primary N) is 1. The maximum absolute atomic E-state index is 5.71. The average Bonchev–Trinajstić information content (AvgIpc) is 2.74. The maximum Gasteiger partial charge on any atom is 0.0945 e. The Kier molecular flexibility index (Phi) is 1.68. The predicted octanol–water partition coefficient (Wildman–Crippen LogP) is 0.701. The molecule has 1 aliphatic carbocycles. The van der Waals surface area contributed by atoms with Crippen LogP contribution in [0.15, 0.2) is 12.5 Å². The topological polar surface area (TPSA) is 43.8 Å². The van der Waals surface area contributed by atoms with Gasteiger partial charge in [-0.25, -0.2) is 4.98 Å². The Morgan fingerprint density at radius 2 is 2.42 bits per heavy atom. The highest BCUT2D eigenvalue weighted by Crippen LogP contribution is 2.47. The van der Waals surface area contributed by atoms with E-state index in [4.69, 9.17) is 5.73 Å². The Bertz CT molecular complexity index is 273. The van der Waals surface area contributed by atoms with Crippen molar-refractivity contribution in [3.8, 4) is 0 Å². The van der Waals surface area contributed by atoms with Crippen molar-refractivity contribution in [3.63, 3.8) is 0 Å². The summed E-state index contributed by atoms with van der Waals surface area (Å²) in [5.74, 6) is 0. The van der Waals surface area contributed by atoms with E-state index in [9.17, 15) is 0 Å². The smallest absolute Gasteiger partial charge is 0.0945 e. The summed E-state index contributed by atoms with van der Waals surface area (Å²) in [6.45, 7) is 0.818. The van der Waals surface area contributed by atoms with Gasteiger partial charge in [-0.15, -0.1) is 0 Å². The minimum absolute atomic E-state index is 0.424. The molecule has 1 aromatic rings. The monoisotopic (exact) mass is 165 g/mol. The molecule has 66 valence electrons. The molecule has 1 aromatic heterocycles. The molecule has 12 heavy (non-hydrogen) atoms. The van der Waals surface area contributed by atoms with Gasteiger partial charge in [-0.3, -0.25) is 0 Å². The molecule has 3 heteroatoms. The number of aromatic nitrogens is 2. The van der Waals surface area contributed by atoms with E-state index in [1.807, 2.05) is 19.6 Å². The average molecular weight is 165 g/mol. The first-order valence-electron chi connectivity index (χ1n) is 4.41. The summed E-state index contributed by atoms with van der Waals surface area (Å²) >= 11 is 0. The summed E-state index contributed by atoms with van der Waals surface area (Å²) in [5.41, 5.74) is 7.43. The number of aryl methyl sites for hydroxylation is 1. The summed E-state index contributed by atoms with van der Waals surface area (Å²) in [6, 6.07) is 0. The first kappa shape index (κ1) is 7.80. The number of hydrogen-bond donors (Lipinski definition) is 1. The SMILES string of the molecule is Cn1cncc1CC1(CN)CC1. The zero-order valence-electron chi connectivity index (χ0n) is 7.45. The van der Waals surface area contributed by atoms with Crippen molar-refractivity contribution in [2.75, 3.05) is 6.54 Å². The molecule has 2 N–H and O–H groups in total. The molecule has 0 unspecified atom stereocenters. The fourth-order valence-corrected chi connectivity index (χ4v) is 1.57. The van der Waals surface area contributed by atoms with E-state index in [2.05, 4.69) is 9.55 Å². The van der Waals surface area contributed by atoms with Crippen LogP contribution in [-0.2, 0) is 13.5 Å². The van der Waals surface area contributed by atoms with Crippen LogP contribution in [0.1, 0.15) is 18.5 Å². The van der Waals surface area contributed by atoms with E-state index in [0.717, 1.165) is 13.0 Å². The molecule has 1 heterocycles. The Balaban J connectivity index is 2.08.